The lowest BCUT2D eigenvalue weighted by atomic mass is 9.86. The van der Waals surface area contributed by atoms with Gasteiger partial charge in [0.25, 0.3) is 0 Å². The zero-order valence-corrected chi connectivity index (χ0v) is 18.9. The summed E-state index contributed by atoms with van der Waals surface area (Å²) in [4.78, 5) is 18.1. The molecule has 0 amide bonds. The number of pyridine rings is 1. The Morgan fingerprint density at radius 3 is 2.73 bits per heavy atom. The minimum atomic E-state index is -0.352. The van der Waals surface area contributed by atoms with Crippen LogP contribution in [0.1, 0.15) is 52.9 Å². The Labute approximate surface area is 193 Å². The van der Waals surface area contributed by atoms with E-state index in [4.69, 9.17) is 24.5 Å². The summed E-state index contributed by atoms with van der Waals surface area (Å²) in [6.07, 6.45) is 5.53. The highest BCUT2D eigenvalue weighted by Gasteiger charge is 2.26. The van der Waals surface area contributed by atoms with Crippen molar-refractivity contribution < 1.29 is 19.0 Å². The van der Waals surface area contributed by atoms with E-state index in [1.165, 1.54) is 0 Å². The molecule has 4 rings (SSSR count). The first-order chi connectivity index (χ1) is 16.2. The van der Waals surface area contributed by atoms with E-state index in [9.17, 15) is 4.79 Å². The van der Waals surface area contributed by atoms with Gasteiger partial charge in [-0.1, -0.05) is 24.3 Å². The van der Waals surface area contributed by atoms with Crippen LogP contribution in [0.2, 0.25) is 0 Å². The maximum absolute atomic E-state index is 13.1. The molecule has 0 saturated heterocycles. The molecule has 1 aliphatic rings. The number of carbonyl (C=O) groups is 1. The molecule has 0 spiro atoms. The lowest BCUT2D eigenvalue weighted by Gasteiger charge is -2.22. The Bertz CT molecular complexity index is 1260. The Hall–Kier alpha value is -3.85. The molecule has 1 aliphatic carbocycles. The van der Waals surface area contributed by atoms with E-state index < -0.39 is 0 Å². The third-order valence-electron chi connectivity index (χ3n) is 5.79. The Morgan fingerprint density at radius 1 is 1.12 bits per heavy atom. The van der Waals surface area contributed by atoms with Crippen molar-refractivity contribution in [3.63, 3.8) is 0 Å². The van der Waals surface area contributed by atoms with Crippen LogP contribution in [0.4, 0.5) is 0 Å². The minimum Gasteiger partial charge on any atom is -0.493 e. The van der Waals surface area contributed by atoms with E-state index in [1.54, 1.807) is 14.2 Å². The van der Waals surface area contributed by atoms with Crippen molar-refractivity contribution >= 4 is 28.5 Å². The summed E-state index contributed by atoms with van der Waals surface area (Å²) in [5, 5.41) is 9.54. The number of esters is 1. The van der Waals surface area contributed by atoms with Crippen LogP contribution in [0.15, 0.2) is 42.5 Å². The van der Waals surface area contributed by atoms with Gasteiger partial charge in [-0.05, 0) is 66.7 Å². The molecule has 0 N–H and O–H groups in total. The fourth-order valence-corrected chi connectivity index (χ4v) is 4.24. The highest BCUT2D eigenvalue weighted by Crippen LogP contribution is 2.37. The summed E-state index contributed by atoms with van der Waals surface area (Å²) < 4.78 is 16.3. The van der Waals surface area contributed by atoms with E-state index in [0.29, 0.717) is 29.9 Å². The van der Waals surface area contributed by atoms with Crippen LogP contribution in [0.3, 0.4) is 0 Å². The topological polar surface area (TPSA) is 81.4 Å². The van der Waals surface area contributed by atoms with Crippen molar-refractivity contribution in [2.75, 3.05) is 20.8 Å². The molecule has 0 aliphatic heterocycles. The zero-order valence-electron chi connectivity index (χ0n) is 18.9. The third-order valence-corrected chi connectivity index (χ3v) is 5.79. The fraction of sp³-hybridized carbons (Fsp3) is 0.296. The number of nitrogens with zero attached hydrogens (tertiary/aromatic N) is 2. The van der Waals surface area contributed by atoms with Crippen molar-refractivity contribution in [2.24, 2.45) is 0 Å². The molecule has 0 fully saturated rings. The average Bonchev–Trinajstić information content (AvgIpc) is 2.85. The van der Waals surface area contributed by atoms with Crippen molar-refractivity contribution in [1.82, 2.24) is 4.98 Å². The van der Waals surface area contributed by atoms with Crippen LogP contribution in [-0.2, 0) is 11.2 Å². The number of carbonyl (C=O) groups excluding carboxylic acids is 1. The highest BCUT2D eigenvalue weighted by atomic mass is 16.5. The number of para-hydroxylation sites is 1. The van der Waals surface area contributed by atoms with Gasteiger partial charge in [0.05, 0.1) is 43.7 Å². The van der Waals surface area contributed by atoms with Gasteiger partial charge in [-0.2, -0.15) is 5.26 Å². The van der Waals surface area contributed by atoms with E-state index in [2.05, 4.69) is 12.1 Å². The van der Waals surface area contributed by atoms with E-state index in [0.717, 1.165) is 52.6 Å². The number of rotatable bonds is 7. The number of ether oxygens (including phenoxy) is 3. The zero-order chi connectivity index (χ0) is 23.2. The molecule has 6 heteroatoms. The van der Waals surface area contributed by atoms with Gasteiger partial charge in [-0.15, -0.1) is 0 Å². The Morgan fingerprint density at radius 2 is 1.94 bits per heavy atom. The molecule has 0 saturated carbocycles. The first-order valence-corrected chi connectivity index (χ1v) is 11.0. The van der Waals surface area contributed by atoms with Crippen LogP contribution in [0, 0.1) is 11.3 Å². The van der Waals surface area contributed by atoms with Crippen LogP contribution in [-0.4, -0.2) is 31.8 Å². The molecule has 33 heavy (non-hydrogen) atoms. The molecule has 0 bridgehead atoms. The molecular weight excluding hydrogens is 416 g/mol. The van der Waals surface area contributed by atoms with E-state index in [-0.39, 0.29) is 12.6 Å². The molecule has 0 unspecified atom stereocenters. The van der Waals surface area contributed by atoms with E-state index >= 15 is 0 Å². The molecule has 6 nitrogen and oxygen atoms in total. The van der Waals surface area contributed by atoms with Crippen molar-refractivity contribution in [3.8, 4) is 17.6 Å². The Balaban J connectivity index is 1.79. The lowest BCUT2D eigenvalue weighted by molar-refractivity contribution is 0.0502. The van der Waals surface area contributed by atoms with E-state index in [1.807, 2.05) is 42.5 Å². The summed E-state index contributed by atoms with van der Waals surface area (Å²) in [5.74, 6) is 0.986. The maximum atomic E-state index is 13.1. The summed E-state index contributed by atoms with van der Waals surface area (Å²) in [5.41, 5.74) is 5.18. The molecule has 0 atom stereocenters. The second kappa shape index (κ2) is 10.2. The summed E-state index contributed by atoms with van der Waals surface area (Å²) >= 11 is 0. The number of aromatic nitrogens is 1. The van der Waals surface area contributed by atoms with Crippen molar-refractivity contribution in [3.05, 3.63) is 64.8 Å². The number of fused-ring (bicyclic) bond motifs is 2. The number of hydrogen-bond donors (Lipinski definition) is 0. The first kappa shape index (κ1) is 22.3. The molecule has 3 aromatic rings. The smallest absolute Gasteiger partial charge is 0.339 e. The summed E-state index contributed by atoms with van der Waals surface area (Å²) in [7, 11) is 3.23. The predicted molar refractivity (Wildman–Crippen MR) is 127 cm³/mol. The summed E-state index contributed by atoms with van der Waals surface area (Å²) in [6, 6.07) is 15.5. The standard InChI is InChI=1S/C27H26N2O4/c1-31-23-13-12-18(17-24(23)32-2)16-19-8-7-10-21-25(27(30)33-15-6-5-14-28)20-9-3-4-11-22(20)29-26(19)21/h3-4,9,11-13,16-17H,5-8,10,15H2,1-2H3/b19-16+. The molecule has 1 aromatic heterocycles. The van der Waals surface area contributed by atoms with Crippen molar-refractivity contribution in [1.29, 1.82) is 5.26 Å². The second-order valence-corrected chi connectivity index (χ2v) is 7.87. The van der Waals surface area contributed by atoms with Gasteiger partial charge in [-0.25, -0.2) is 9.78 Å². The monoisotopic (exact) mass is 442 g/mol. The summed E-state index contributed by atoms with van der Waals surface area (Å²) in [6.45, 7) is 0.228. The largest absolute Gasteiger partial charge is 0.493 e. The quantitative estimate of drug-likeness (QED) is 0.350. The van der Waals surface area contributed by atoms with Gasteiger partial charge in [-0.3, -0.25) is 0 Å². The number of benzene rings is 2. The lowest BCUT2D eigenvalue weighted by Crippen LogP contribution is -2.15. The number of nitriles is 1. The minimum absolute atomic E-state index is 0.228. The number of unbranched alkanes of at least 4 members (excludes halogenated alkanes) is 1. The predicted octanol–water partition coefficient (Wildman–Crippen LogP) is 5.59. The van der Waals surface area contributed by atoms with Crippen molar-refractivity contribution in [2.45, 2.75) is 32.1 Å². The third kappa shape index (κ3) is 4.68. The highest BCUT2D eigenvalue weighted by molar-refractivity contribution is 6.06. The van der Waals surface area contributed by atoms with Gasteiger partial charge >= 0.3 is 5.97 Å². The normalized spacial score (nSPS) is 13.9. The van der Waals surface area contributed by atoms with Gasteiger partial charge in [0.2, 0.25) is 0 Å². The fourth-order valence-electron chi connectivity index (χ4n) is 4.24. The molecular formula is C27H26N2O4. The van der Waals surface area contributed by atoms with Gasteiger partial charge in [0.15, 0.2) is 11.5 Å². The molecule has 168 valence electrons. The number of hydrogen-bond acceptors (Lipinski definition) is 6. The maximum Gasteiger partial charge on any atom is 0.339 e. The van der Waals surface area contributed by atoms with Gasteiger partial charge < -0.3 is 14.2 Å². The van der Waals surface area contributed by atoms with Crippen LogP contribution in [0.25, 0.3) is 22.6 Å². The SMILES string of the molecule is COc1ccc(/C=C2\CCCc3c2nc2ccccc2c3C(=O)OCCCC#N)cc1OC. The van der Waals surface area contributed by atoms with Crippen LogP contribution < -0.4 is 9.47 Å². The Kier molecular flexibility index (Phi) is 6.89. The number of allylic oxidation sites excluding steroid dienone is 1. The van der Waals surface area contributed by atoms with Gasteiger partial charge in [0.1, 0.15) is 0 Å². The second-order valence-electron chi connectivity index (χ2n) is 7.87. The average molecular weight is 443 g/mol. The molecule has 2 aromatic carbocycles. The molecule has 0 radical (unpaired) electrons. The number of methoxy groups -OCH3 is 2. The van der Waals surface area contributed by atoms with Crippen LogP contribution >= 0.6 is 0 Å². The van der Waals surface area contributed by atoms with Gasteiger partial charge in [0, 0.05) is 11.8 Å². The first-order valence-electron chi connectivity index (χ1n) is 11.0. The molecule has 1 heterocycles. The van der Waals surface area contributed by atoms with Crippen LogP contribution in [0.5, 0.6) is 11.5 Å².